The maximum Gasteiger partial charge on any atom is 0.191 e. The third-order valence-corrected chi connectivity index (χ3v) is 5.71. The molecule has 0 spiro atoms. The highest BCUT2D eigenvalue weighted by molar-refractivity contribution is 14.0. The van der Waals surface area contributed by atoms with Crippen LogP contribution in [-0.2, 0) is 5.41 Å². The summed E-state index contributed by atoms with van der Waals surface area (Å²) in [7, 11) is 1.87. The second kappa shape index (κ2) is 7.81. The summed E-state index contributed by atoms with van der Waals surface area (Å²) < 4.78 is 0. The highest BCUT2D eigenvalue weighted by Gasteiger charge is 2.35. The van der Waals surface area contributed by atoms with E-state index < -0.39 is 0 Å². The SMILES string of the molecule is CN=C(NCC1(c2cccs2)CCCCC1)NC1CC1.I. The van der Waals surface area contributed by atoms with Crippen LogP contribution in [0.5, 0.6) is 0 Å². The molecule has 3 rings (SSSR count). The molecule has 1 aromatic rings. The largest absolute Gasteiger partial charge is 0.355 e. The number of nitrogens with one attached hydrogen (secondary N) is 2. The number of halogens is 1. The molecule has 2 aliphatic rings. The van der Waals surface area contributed by atoms with Crippen LogP contribution in [0.1, 0.15) is 49.8 Å². The number of nitrogens with zero attached hydrogens (tertiary/aromatic N) is 1. The molecule has 1 aromatic heterocycles. The van der Waals surface area contributed by atoms with Crippen molar-refractivity contribution in [2.75, 3.05) is 13.6 Å². The maximum absolute atomic E-state index is 4.36. The number of rotatable bonds is 4. The molecule has 5 heteroatoms. The summed E-state index contributed by atoms with van der Waals surface area (Å²) in [5, 5.41) is 9.28. The van der Waals surface area contributed by atoms with Crippen LogP contribution in [0.2, 0.25) is 0 Å². The van der Waals surface area contributed by atoms with Gasteiger partial charge in [-0.2, -0.15) is 0 Å². The summed E-state index contributed by atoms with van der Waals surface area (Å²) in [6, 6.07) is 5.16. The van der Waals surface area contributed by atoms with Crippen molar-refractivity contribution in [3.05, 3.63) is 22.4 Å². The first-order chi connectivity index (χ1) is 9.82. The smallest absolute Gasteiger partial charge is 0.191 e. The summed E-state index contributed by atoms with van der Waals surface area (Å²) in [6.07, 6.45) is 9.29. The van der Waals surface area contributed by atoms with Gasteiger partial charge in [-0.1, -0.05) is 25.3 Å². The van der Waals surface area contributed by atoms with E-state index in [2.05, 4.69) is 33.1 Å². The van der Waals surface area contributed by atoms with Crippen LogP contribution in [-0.4, -0.2) is 25.6 Å². The molecule has 21 heavy (non-hydrogen) atoms. The second-order valence-corrected chi connectivity index (χ2v) is 7.11. The molecule has 2 aliphatic carbocycles. The molecule has 0 unspecified atom stereocenters. The molecule has 0 bridgehead atoms. The Kier molecular flexibility index (Phi) is 6.34. The van der Waals surface area contributed by atoms with Crippen molar-refractivity contribution in [3.8, 4) is 0 Å². The fraction of sp³-hybridized carbons (Fsp3) is 0.688. The minimum atomic E-state index is 0. The average molecular weight is 419 g/mol. The van der Waals surface area contributed by atoms with Gasteiger partial charge in [0.2, 0.25) is 0 Å². The molecule has 0 radical (unpaired) electrons. The lowest BCUT2D eigenvalue weighted by atomic mass is 9.73. The molecule has 3 nitrogen and oxygen atoms in total. The Balaban J connectivity index is 0.00000161. The first-order valence-electron chi connectivity index (χ1n) is 7.84. The predicted octanol–water partition coefficient (Wildman–Crippen LogP) is 3.90. The minimum Gasteiger partial charge on any atom is -0.355 e. The summed E-state index contributed by atoms with van der Waals surface area (Å²) in [6.45, 7) is 1.01. The standard InChI is InChI=1S/C16H25N3S.HI/c1-17-15(19-13-7-8-13)18-12-16(9-3-2-4-10-16)14-6-5-11-20-14;/h5-6,11,13H,2-4,7-10,12H2,1H3,(H2,17,18,19);1H. The Bertz CT molecular complexity index is 448. The van der Waals surface area contributed by atoms with E-state index in [1.807, 2.05) is 18.4 Å². The van der Waals surface area contributed by atoms with Crippen LogP contribution in [0, 0.1) is 0 Å². The van der Waals surface area contributed by atoms with Crippen LogP contribution in [0.4, 0.5) is 0 Å². The predicted molar refractivity (Wildman–Crippen MR) is 102 cm³/mol. The molecule has 2 N–H and O–H groups in total. The van der Waals surface area contributed by atoms with Crippen LogP contribution in [0.15, 0.2) is 22.5 Å². The molecule has 1 heterocycles. The van der Waals surface area contributed by atoms with Gasteiger partial charge in [-0.15, -0.1) is 35.3 Å². The number of guanidine groups is 1. The Hall–Kier alpha value is -0.300. The monoisotopic (exact) mass is 419 g/mol. The lowest BCUT2D eigenvalue weighted by Gasteiger charge is -2.37. The van der Waals surface area contributed by atoms with E-state index in [1.54, 1.807) is 4.88 Å². The fourth-order valence-corrected chi connectivity index (χ4v) is 4.17. The van der Waals surface area contributed by atoms with Gasteiger partial charge in [-0.25, -0.2) is 0 Å². The topological polar surface area (TPSA) is 36.4 Å². The fourth-order valence-electron chi connectivity index (χ4n) is 3.19. The Morgan fingerprint density at radius 3 is 2.67 bits per heavy atom. The lowest BCUT2D eigenvalue weighted by molar-refractivity contribution is 0.296. The molecule has 0 aromatic carbocycles. The van der Waals surface area contributed by atoms with E-state index in [9.17, 15) is 0 Å². The first kappa shape index (κ1) is 17.1. The zero-order valence-electron chi connectivity index (χ0n) is 12.7. The number of hydrogen-bond acceptors (Lipinski definition) is 2. The molecule has 2 saturated carbocycles. The van der Waals surface area contributed by atoms with Gasteiger partial charge in [0, 0.05) is 29.9 Å². The van der Waals surface area contributed by atoms with Gasteiger partial charge >= 0.3 is 0 Å². The summed E-state index contributed by atoms with van der Waals surface area (Å²) in [5.74, 6) is 0.981. The van der Waals surface area contributed by atoms with Crippen LogP contribution in [0.25, 0.3) is 0 Å². The van der Waals surface area contributed by atoms with Crippen molar-refractivity contribution < 1.29 is 0 Å². The van der Waals surface area contributed by atoms with E-state index >= 15 is 0 Å². The van der Waals surface area contributed by atoms with E-state index in [0.717, 1.165) is 12.5 Å². The van der Waals surface area contributed by atoms with Gasteiger partial charge in [-0.05, 0) is 37.1 Å². The van der Waals surface area contributed by atoms with Crippen LogP contribution in [0.3, 0.4) is 0 Å². The number of aliphatic imine (C=N–C) groups is 1. The van der Waals surface area contributed by atoms with Crippen molar-refractivity contribution in [1.29, 1.82) is 0 Å². The van der Waals surface area contributed by atoms with E-state index in [-0.39, 0.29) is 24.0 Å². The third-order valence-electron chi connectivity index (χ3n) is 4.59. The van der Waals surface area contributed by atoms with E-state index in [0.29, 0.717) is 11.5 Å². The Morgan fingerprint density at radius 1 is 1.33 bits per heavy atom. The van der Waals surface area contributed by atoms with Gasteiger partial charge in [0.15, 0.2) is 5.96 Å². The Labute approximate surface area is 149 Å². The summed E-state index contributed by atoms with van der Waals surface area (Å²) >= 11 is 1.91. The highest BCUT2D eigenvalue weighted by Crippen LogP contribution is 2.41. The molecule has 118 valence electrons. The van der Waals surface area contributed by atoms with E-state index in [4.69, 9.17) is 0 Å². The summed E-state index contributed by atoms with van der Waals surface area (Å²) in [4.78, 5) is 5.91. The highest BCUT2D eigenvalue weighted by atomic mass is 127. The van der Waals surface area contributed by atoms with Crippen molar-refractivity contribution in [2.24, 2.45) is 4.99 Å². The van der Waals surface area contributed by atoms with Crippen molar-refractivity contribution in [2.45, 2.75) is 56.4 Å². The van der Waals surface area contributed by atoms with Crippen molar-refractivity contribution in [1.82, 2.24) is 10.6 Å². The maximum atomic E-state index is 4.36. The normalized spacial score (nSPS) is 21.5. The van der Waals surface area contributed by atoms with Crippen molar-refractivity contribution in [3.63, 3.8) is 0 Å². The van der Waals surface area contributed by atoms with Gasteiger partial charge in [0.05, 0.1) is 0 Å². The second-order valence-electron chi connectivity index (χ2n) is 6.16. The van der Waals surface area contributed by atoms with E-state index in [1.165, 1.54) is 44.9 Å². The van der Waals surface area contributed by atoms with Gasteiger partial charge in [0.25, 0.3) is 0 Å². The van der Waals surface area contributed by atoms with Crippen molar-refractivity contribution >= 4 is 41.3 Å². The lowest BCUT2D eigenvalue weighted by Crippen LogP contribution is -2.46. The van der Waals surface area contributed by atoms with Crippen LogP contribution >= 0.6 is 35.3 Å². The number of hydrogen-bond donors (Lipinski definition) is 2. The van der Waals surface area contributed by atoms with Crippen LogP contribution < -0.4 is 10.6 Å². The summed E-state index contributed by atoms with van der Waals surface area (Å²) in [5.41, 5.74) is 0.327. The zero-order chi connectivity index (χ0) is 13.8. The average Bonchev–Trinajstić information content (AvgIpc) is 3.13. The quantitative estimate of drug-likeness (QED) is 0.441. The van der Waals surface area contributed by atoms with Gasteiger partial charge < -0.3 is 10.6 Å². The molecular formula is C16H26IN3S. The molecule has 0 atom stereocenters. The number of thiophene rings is 1. The molecule has 2 fully saturated rings. The molecule has 0 saturated heterocycles. The zero-order valence-corrected chi connectivity index (χ0v) is 15.9. The van der Waals surface area contributed by atoms with Gasteiger partial charge in [-0.3, -0.25) is 4.99 Å². The minimum absolute atomic E-state index is 0. The first-order valence-corrected chi connectivity index (χ1v) is 8.72. The molecular weight excluding hydrogens is 393 g/mol. The molecule has 0 aliphatic heterocycles. The molecule has 0 amide bonds. The Morgan fingerprint density at radius 2 is 2.10 bits per heavy atom. The van der Waals surface area contributed by atoms with Gasteiger partial charge in [0.1, 0.15) is 0 Å². The third kappa shape index (κ3) is 4.34.